The van der Waals surface area contributed by atoms with Gasteiger partial charge in [-0.3, -0.25) is 4.79 Å². The van der Waals surface area contributed by atoms with Crippen molar-refractivity contribution in [2.45, 2.75) is 45.2 Å². The lowest BCUT2D eigenvalue weighted by atomic mass is 9.85. The molecule has 0 aliphatic heterocycles. The van der Waals surface area contributed by atoms with E-state index in [9.17, 15) is 4.79 Å². The van der Waals surface area contributed by atoms with E-state index in [0.29, 0.717) is 24.2 Å². The Morgan fingerprint density at radius 1 is 1.56 bits per heavy atom. The van der Waals surface area contributed by atoms with Crippen molar-refractivity contribution in [1.82, 2.24) is 9.88 Å². The molecule has 4 nitrogen and oxygen atoms in total. The highest BCUT2D eigenvalue weighted by atomic mass is 32.1. The standard InChI is InChI=1S/C13H21N3OS/c1-9-5-3-4-6-11(9)16(2)13(17)10-8-18-12(7-14)15-10/h8-9,11H,3-7,14H2,1-2H3. The van der Waals surface area contributed by atoms with Crippen molar-refractivity contribution in [3.63, 3.8) is 0 Å². The van der Waals surface area contributed by atoms with E-state index in [4.69, 9.17) is 5.73 Å². The van der Waals surface area contributed by atoms with Gasteiger partial charge in [0.05, 0.1) is 0 Å². The summed E-state index contributed by atoms with van der Waals surface area (Å²) >= 11 is 1.46. The van der Waals surface area contributed by atoms with E-state index in [0.717, 1.165) is 11.4 Å². The number of hydrogen-bond donors (Lipinski definition) is 1. The van der Waals surface area contributed by atoms with E-state index in [1.165, 1.54) is 30.6 Å². The third kappa shape index (κ3) is 2.72. The van der Waals surface area contributed by atoms with Crippen LogP contribution in [0.1, 0.15) is 48.1 Å². The summed E-state index contributed by atoms with van der Waals surface area (Å²) in [5.41, 5.74) is 6.07. The van der Waals surface area contributed by atoms with Gasteiger partial charge in [0, 0.05) is 25.0 Å². The molecule has 0 bridgehead atoms. The Kier molecular flexibility index (Phi) is 4.35. The molecule has 0 radical (unpaired) electrons. The van der Waals surface area contributed by atoms with E-state index >= 15 is 0 Å². The zero-order chi connectivity index (χ0) is 13.1. The molecule has 100 valence electrons. The summed E-state index contributed by atoms with van der Waals surface area (Å²) < 4.78 is 0. The Bertz CT molecular complexity index is 418. The molecule has 1 aromatic heterocycles. The molecule has 2 unspecified atom stereocenters. The molecule has 1 amide bonds. The highest BCUT2D eigenvalue weighted by Gasteiger charge is 2.29. The molecular weight excluding hydrogens is 246 g/mol. The number of rotatable bonds is 3. The van der Waals surface area contributed by atoms with Crippen LogP contribution in [0.5, 0.6) is 0 Å². The fourth-order valence-electron chi connectivity index (χ4n) is 2.71. The summed E-state index contributed by atoms with van der Waals surface area (Å²) in [4.78, 5) is 18.5. The van der Waals surface area contributed by atoms with Gasteiger partial charge in [0.15, 0.2) is 0 Å². The largest absolute Gasteiger partial charge is 0.337 e. The maximum atomic E-state index is 12.3. The zero-order valence-electron chi connectivity index (χ0n) is 11.1. The van der Waals surface area contributed by atoms with E-state index in [1.807, 2.05) is 17.3 Å². The topological polar surface area (TPSA) is 59.2 Å². The molecular formula is C13H21N3OS. The van der Waals surface area contributed by atoms with Crippen LogP contribution >= 0.6 is 11.3 Å². The second-order valence-corrected chi connectivity index (χ2v) is 6.02. The maximum Gasteiger partial charge on any atom is 0.273 e. The van der Waals surface area contributed by atoms with Crippen molar-refractivity contribution in [1.29, 1.82) is 0 Å². The summed E-state index contributed by atoms with van der Waals surface area (Å²) in [6.45, 7) is 2.64. The summed E-state index contributed by atoms with van der Waals surface area (Å²) in [5, 5.41) is 2.64. The highest BCUT2D eigenvalue weighted by molar-refractivity contribution is 7.09. The van der Waals surface area contributed by atoms with E-state index in [-0.39, 0.29) is 5.91 Å². The van der Waals surface area contributed by atoms with Crippen LogP contribution in [0.2, 0.25) is 0 Å². The van der Waals surface area contributed by atoms with Gasteiger partial charge in [-0.25, -0.2) is 4.98 Å². The molecule has 1 saturated carbocycles. The molecule has 0 aromatic carbocycles. The summed E-state index contributed by atoms with van der Waals surface area (Å²) in [6.07, 6.45) is 4.83. The van der Waals surface area contributed by atoms with Crippen molar-refractivity contribution < 1.29 is 4.79 Å². The van der Waals surface area contributed by atoms with Gasteiger partial charge < -0.3 is 10.6 Å². The number of carbonyl (C=O) groups excluding carboxylic acids is 1. The monoisotopic (exact) mass is 267 g/mol. The Morgan fingerprint density at radius 2 is 2.28 bits per heavy atom. The minimum atomic E-state index is 0.0321. The Hall–Kier alpha value is -0.940. The number of amides is 1. The Labute approximate surface area is 112 Å². The minimum Gasteiger partial charge on any atom is -0.337 e. The van der Waals surface area contributed by atoms with Crippen LogP contribution in [0, 0.1) is 5.92 Å². The van der Waals surface area contributed by atoms with Crippen LogP contribution < -0.4 is 5.73 Å². The lowest BCUT2D eigenvalue weighted by Crippen LogP contribution is -2.42. The van der Waals surface area contributed by atoms with Crippen molar-refractivity contribution >= 4 is 17.2 Å². The van der Waals surface area contributed by atoms with E-state index < -0.39 is 0 Å². The number of thiazole rings is 1. The zero-order valence-corrected chi connectivity index (χ0v) is 11.9. The molecule has 2 N–H and O–H groups in total. The predicted molar refractivity (Wildman–Crippen MR) is 73.5 cm³/mol. The number of aromatic nitrogens is 1. The highest BCUT2D eigenvalue weighted by Crippen LogP contribution is 2.28. The maximum absolute atomic E-state index is 12.3. The fourth-order valence-corrected chi connectivity index (χ4v) is 3.35. The number of hydrogen-bond acceptors (Lipinski definition) is 4. The fraction of sp³-hybridized carbons (Fsp3) is 0.692. The third-order valence-corrected chi connectivity index (χ3v) is 4.70. The van der Waals surface area contributed by atoms with Crippen LogP contribution in [-0.4, -0.2) is 28.9 Å². The first-order valence-corrected chi connectivity index (χ1v) is 7.43. The molecule has 1 aliphatic rings. The van der Waals surface area contributed by atoms with Gasteiger partial charge in [0.1, 0.15) is 10.7 Å². The van der Waals surface area contributed by atoms with Crippen LogP contribution in [-0.2, 0) is 6.54 Å². The molecule has 1 aromatic rings. The molecule has 1 fully saturated rings. The van der Waals surface area contributed by atoms with Crippen LogP contribution in [0.25, 0.3) is 0 Å². The van der Waals surface area contributed by atoms with Gasteiger partial charge in [-0.05, 0) is 18.8 Å². The summed E-state index contributed by atoms with van der Waals surface area (Å²) in [5.74, 6) is 0.616. The second kappa shape index (κ2) is 5.80. The van der Waals surface area contributed by atoms with Gasteiger partial charge in [0.2, 0.25) is 0 Å². The first-order valence-electron chi connectivity index (χ1n) is 6.55. The van der Waals surface area contributed by atoms with Gasteiger partial charge >= 0.3 is 0 Å². The van der Waals surface area contributed by atoms with Crippen LogP contribution in [0.3, 0.4) is 0 Å². The van der Waals surface area contributed by atoms with Crippen molar-refractivity contribution in [3.05, 3.63) is 16.1 Å². The molecule has 18 heavy (non-hydrogen) atoms. The van der Waals surface area contributed by atoms with E-state index in [1.54, 1.807) is 0 Å². The Morgan fingerprint density at radius 3 is 2.89 bits per heavy atom. The van der Waals surface area contributed by atoms with Crippen molar-refractivity contribution in [2.75, 3.05) is 7.05 Å². The van der Waals surface area contributed by atoms with E-state index in [2.05, 4.69) is 11.9 Å². The van der Waals surface area contributed by atoms with Crippen LogP contribution in [0.15, 0.2) is 5.38 Å². The predicted octanol–water partition coefficient (Wildman–Crippen LogP) is 2.25. The summed E-state index contributed by atoms with van der Waals surface area (Å²) in [7, 11) is 1.90. The molecule has 1 heterocycles. The summed E-state index contributed by atoms with van der Waals surface area (Å²) in [6, 6.07) is 0.356. The number of nitrogens with two attached hydrogens (primary N) is 1. The first kappa shape index (κ1) is 13.5. The van der Waals surface area contributed by atoms with Gasteiger partial charge in [-0.15, -0.1) is 11.3 Å². The first-order chi connectivity index (χ1) is 8.63. The van der Waals surface area contributed by atoms with Crippen molar-refractivity contribution in [3.8, 4) is 0 Å². The van der Waals surface area contributed by atoms with Gasteiger partial charge in [-0.1, -0.05) is 19.8 Å². The van der Waals surface area contributed by atoms with Gasteiger partial charge in [-0.2, -0.15) is 0 Å². The minimum absolute atomic E-state index is 0.0321. The molecule has 0 saturated heterocycles. The smallest absolute Gasteiger partial charge is 0.273 e. The molecule has 5 heteroatoms. The second-order valence-electron chi connectivity index (χ2n) is 5.08. The SMILES string of the molecule is CC1CCCCC1N(C)C(=O)c1csc(CN)n1. The number of carbonyl (C=O) groups is 1. The van der Waals surface area contributed by atoms with Gasteiger partial charge in [0.25, 0.3) is 5.91 Å². The Balaban J connectivity index is 2.07. The number of nitrogens with zero attached hydrogens (tertiary/aromatic N) is 2. The lowest BCUT2D eigenvalue weighted by molar-refractivity contribution is 0.0623. The molecule has 2 rings (SSSR count). The third-order valence-electron chi connectivity index (χ3n) is 3.83. The van der Waals surface area contributed by atoms with Crippen LogP contribution in [0.4, 0.5) is 0 Å². The van der Waals surface area contributed by atoms with Crippen molar-refractivity contribution in [2.24, 2.45) is 11.7 Å². The average molecular weight is 267 g/mol. The molecule has 2 atom stereocenters. The lowest BCUT2D eigenvalue weighted by Gasteiger charge is -2.35. The molecule has 0 spiro atoms. The molecule has 1 aliphatic carbocycles. The average Bonchev–Trinajstić information content (AvgIpc) is 2.86. The normalized spacial score (nSPS) is 23.9. The quantitative estimate of drug-likeness (QED) is 0.913.